The maximum atomic E-state index is 6.47. The highest BCUT2D eigenvalue weighted by Gasteiger charge is 2.15. The maximum Gasteiger partial charge on any atom is 0.136 e. The summed E-state index contributed by atoms with van der Waals surface area (Å²) in [7, 11) is 0. The first kappa shape index (κ1) is 29.0. The van der Waals surface area contributed by atoms with Crippen molar-refractivity contribution in [2.75, 3.05) is 0 Å². The molecule has 0 aliphatic heterocycles. The second-order valence-corrected chi connectivity index (χ2v) is 13.1. The van der Waals surface area contributed by atoms with Crippen LogP contribution in [0.3, 0.4) is 0 Å². The number of furan rings is 2. The van der Waals surface area contributed by atoms with E-state index in [1.807, 2.05) is 0 Å². The second kappa shape index (κ2) is 13.1. The van der Waals surface area contributed by atoms with Gasteiger partial charge in [0.2, 0.25) is 0 Å². The van der Waals surface area contributed by atoms with Crippen LogP contribution in [0, 0.1) is 0 Å². The van der Waals surface area contributed by atoms with Crippen LogP contribution in [0.1, 0.15) is 102 Å². The quantitative estimate of drug-likeness (QED) is 0.119. The van der Waals surface area contributed by atoms with E-state index in [9.17, 15) is 0 Å². The molecule has 0 atom stereocenters. The predicted molar refractivity (Wildman–Crippen MR) is 190 cm³/mol. The fraction of sp³-hybridized carbons (Fsp3) is 0.381. The van der Waals surface area contributed by atoms with E-state index >= 15 is 0 Å². The highest BCUT2D eigenvalue weighted by molar-refractivity contribution is 6.18. The predicted octanol–water partition coefficient (Wildman–Crippen LogP) is 13.6. The summed E-state index contributed by atoms with van der Waals surface area (Å²) in [5.74, 6) is 0. The van der Waals surface area contributed by atoms with E-state index in [4.69, 9.17) is 8.83 Å². The minimum absolute atomic E-state index is 0.926. The van der Waals surface area contributed by atoms with Gasteiger partial charge in [0, 0.05) is 21.5 Å². The smallest absolute Gasteiger partial charge is 0.136 e. The summed E-state index contributed by atoms with van der Waals surface area (Å²) in [5, 5.41) is 9.63. The summed E-state index contributed by atoms with van der Waals surface area (Å²) in [5.41, 5.74) is 6.60. The molecule has 226 valence electrons. The highest BCUT2D eigenvalue weighted by atomic mass is 16.3. The van der Waals surface area contributed by atoms with Crippen molar-refractivity contribution < 1.29 is 8.83 Å². The number of unbranched alkanes of at least 4 members (excludes halogenated alkanes) is 10. The lowest BCUT2D eigenvalue weighted by atomic mass is 9.99. The standard InChI is InChI=1S/C42H46O2/c1-3-5-7-9-11-13-15-29-17-19-31-25-39-35(23-33(31)21-29)37-27-42-38(28-41(37)43-39)36-24-34-22-30(16-14-12-10-8-6-4-2)18-20-32(34)26-40(36)44-42/h17-28H,3-16H2,1-2H3. The molecule has 0 bridgehead atoms. The average Bonchev–Trinajstić information content (AvgIpc) is 3.56. The Labute approximate surface area is 261 Å². The molecule has 0 N–H and O–H groups in total. The van der Waals surface area contributed by atoms with Crippen molar-refractivity contribution in [3.8, 4) is 0 Å². The SMILES string of the molecule is CCCCCCCCc1ccc2cc3oc4cc5c(cc4c3cc2c1)oc1cc2ccc(CCCCCCCC)cc2cc15. The van der Waals surface area contributed by atoms with Crippen LogP contribution in [0.2, 0.25) is 0 Å². The van der Waals surface area contributed by atoms with Crippen LogP contribution in [0.15, 0.2) is 81.6 Å². The van der Waals surface area contributed by atoms with Crippen molar-refractivity contribution in [1.82, 2.24) is 0 Å². The second-order valence-electron chi connectivity index (χ2n) is 13.1. The molecule has 2 aromatic heterocycles. The van der Waals surface area contributed by atoms with Crippen molar-refractivity contribution >= 4 is 65.4 Å². The molecule has 0 amide bonds. The van der Waals surface area contributed by atoms with Gasteiger partial charge in [-0.25, -0.2) is 0 Å². The van der Waals surface area contributed by atoms with Crippen molar-refractivity contribution in [2.45, 2.75) is 104 Å². The summed E-state index contributed by atoms with van der Waals surface area (Å²) in [6.07, 6.45) is 18.3. The maximum absolute atomic E-state index is 6.47. The number of hydrogen-bond donors (Lipinski definition) is 0. The molecule has 7 aromatic rings. The Morgan fingerprint density at radius 2 is 0.750 bits per heavy atom. The van der Waals surface area contributed by atoms with Crippen molar-refractivity contribution in [2.24, 2.45) is 0 Å². The molecule has 0 saturated carbocycles. The first-order chi connectivity index (χ1) is 21.7. The largest absolute Gasteiger partial charge is 0.456 e. The summed E-state index contributed by atoms with van der Waals surface area (Å²) in [4.78, 5) is 0. The Hall–Kier alpha value is -3.78. The molecule has 0 saturated heterocycles. The zero-order valence-corrected chi connectivity index (χ0v) is 26.6. The van der Waals surface area contributed by atoms with Crippen LogP contribution in [-0.2, 0) is 12.8 Å². The summed E-state index contributed by atoms with van der Waals surface area (Å²) in [6, 6.07) is 27.3. The minimum atomic E-state index is 0.926. The van der Waals surface area contributed by atoms with Gasteiger partial charge >= 0.3 is 0 Å². The zero-order valence-electron chi connectivity index (χ0n) is 26.6. The molecular formula is C42H46O2. The van der Waals surface area contributed by atoms with E-state index in [0.29, 0.717) is 0 Å². The zero-order chi connectivity index (χ0) is 29.9. The molecule has 0 aliphatic rings. The number of fused-ring (bicyclic) bond motifs is 8. The molecule has 0 fully saturated rings. The third kappa shape index (κ3) is 5.96. The van der Waals surface area contributed by atoms with Crippen LogP contribution < -0.4 is 0 Å². The van der Waals surface area contributed by atoms with Gasteiger partial charge in [-0.05, 0) is 94.8 Å². The molecule has 7 rings (SSSR count). The monoisotopic (exact) mass is 582 g/mol. The third-order valence-corrected chi connectivity index (χ3v) is 9.75. The average molecular weight is 583 g/mol. The summed E-state index contributed by atoms with van der Waals surface area (Å²) >= 11 is 0. The Bertz CT molecular complexity index is 1900. The van der Waals surface area contributed by atoms with Gasteiger partial charge in [-0.15, -0.1) is 0 Å². The van der Waals surface area contributed by atoms with Crippen molar-refractivity contribution in [3.05, 3.63) is 83.9 Å². The number of benzene rings is 5. The minimum Gasteiger partial charge on any atom is -0.456 e. The van der Waals surface area contributed by atoms with Gasteiger partial charge in [-0.1, -0.05) is 114 Å². The van der Waals surface area contributed by atoms with E-state index in [-0.39, 0.29) is 0 Å². The molecule has 0 aliphatic carbocycles. The van der Waals surface area contributed by atoms with Gasteiger partial charge < -0.3 is 8.83 Å². The Morgan fingerprint density at radius 1 is 0.364 bits per heavy atom. The molecule has 2 nitrogen and oxygen atoms in total. The molecule has 0 radical (unpaired) electrons. The van der Waals surface area contributed by atoms with Gasteiger partial charge in [0.15, 0.2) is 0 Å². The van der Waals surface area contributed by atoms with Gasteiger partial charge in [-0.2, -0.15) is 0 Å². The fourth-order valence-electron chi connectivity index (χ4n) is 7.16. The number of aryl methyl sites for hydroxylation is 2. The molecule has 0 unspecified atom stereocenters. The summed E-state index contributed by atoms with van der Waals surface area (Å²) < 4.78 is 12.9. The first-order valence-electron chi connectivity index (χ1n) is 17.4. The molecule has 0 spiro atoms. The summed E-state index contributed by atoms with van der Waals surface area (Å²) in [6.45, 7) is 4.56. The third-order valence-electron chi connectivity index (χ3n) is 9.75. The Kier molecular flexibility index (Phi) is 8.60. The number of rotatable bonds is 14. The Morgan fingerprint density at radius 3 is 1.20 bits per heavy atom. The van der Waals surface area contributed by atoms with E-state index < -0.39 is 0 Å². The Balaban J connectivity index is 1.17. The molecule has 44 heavy (non-hydrogen) atoms. The lowest BCUT2D eigenvalue weighted by molar-refractivity contribution is 0.607. The van der Waals surface area contributed by atoms with Crippen LogP contribution in [0.25, 0.3) is 65.4 Å². The van der Waals surface area contributed by atoms with E-state index in [0.717, 1.165) is 56.7 Å². The lowest BCUT2D eigenvalue weighted by Gasteiger charge is -2.05. The van der Waals surface area contributed by atoms with Crippen LogP contribution >= 0.6 is 0 Å². The van der Waals surface area contributed by atoms with Gasteiger partial charge in [0.05, 0.1) is 0 Å². The lowest BCUT2D eigenvalue weighted by Crippen LogP contribution is -1.87. The molecule has 2 heteroatoms. The molecule has 5 aromatic carbocycles. The molecular weight excluding hydrogens is 536 g/mol. The van der Waals surface area contributed by atoms with Gasteiger partial charge in [0.1, 0.15) is 22.3 Å². The van der Waals surface area contributed by atoms with Crippen LogP contribution in [-0.4, -0.2) is 0 Å². The number of hydrogen-bond acceptors (Lipinski definition) is 2. The highest BCUT2D eigenvalue weighted by Crippen LogP contribution is 2.39. The normalized spacial score (nSPS) is 12.2. The topological polar surface area (TPSA) is 26.3 Å². The first-order valence-corrected chi connectivity index (χ1v) is 17.4. The van der Waals surface area contributed by atoms with E-state index in [2.05, 4.69) is 86.6 Å². The van der Waals surface area contributed by atoms with Crippen molar-refractivity contribution in [1.29, 1.82) is 0 Å². The fourth-order valence-corrected chi connectivity index (χ4v) is 7.16. The van der Waals surface area contributed by atoms with Crippen molar-refractivity contribution in [3.63, 3.8) is 0 Å². The molecule has 2 heterocycles. The van der Waals surface area contributed by atoms with Gasteiger partial charge in [-0.3, -0.25) is 0 Å². The van der Waals surface area contributed by atoms with Gasteiger partial charge in [0.25, 0.3) is 0 Å². The van der Waals surface area contributed by atoms with Crippen LogP contribution in [0.4, 0.5) is 0 Å². The van der Waals surface area contributed by atoms with Crippen LogP contribution in [0.5, 0.6) is 0 Å². The van der Waals surface area contributed by atoms with E-state index in [1.165, 1.54) is 110 Å². The van der Waals surface area contributed by atoms with E-state index in [1.54, 1.807) is 0 Å².